The van der Waals surface area contributed by atoms with Gasteiger partial charge in [-0.1, -0.05) is 194 Å². The summed E-state index contributed by atoms with van der Waals surface area (Å²) < 4.78 is 0. The summed E-state index contributed by atoms with van der Waals surface area (Å²) in [5.41, 5.74) is 0. The zero-order valence-electron chi connectivity index (χ0n) is 32.2. The smallest absolute Gasteiger partial charge is 0.326 e. The van der Waals surface area contributed by atoms with Crippen LogP contribution >= 0.6 is 0 Å². The van der Waals surface area contributed by atoms with Gasteiger partial charge in [0.05, 0.1) is 0 Å². The second kappa shape index (κ2) is 38.2. The molecule has 6 nitrogen and oxygen atoms in total. The van der Waals surface area contributed by atoms with E-state index in [4.69, 9.17) is 0 Å². The summed E-state index contributed by atoms with van der Waals surface area (Å²) in [4.78, 5) is 36.1. The highest BCUT2D eigenvalue weighted by atomic mass is 16.4. The van der Waals surface area contributed by atoms with Crippen molar-refractivity contribution in [2.45, 2.75) is 245 Å². The molecule has 0 aromatic heterocycles. The lowest BCUT2D eigenvalue weighted by atomic mass is 10.0. The first-order valence-electron chi connectivity index (χ1n) is 21.3. The van der Waals surface area contributed by atoms with Crippen molar-refractivity contribution >= 4 is 17.8 Å². The molecule has 0 radical (unpaired) electrons. The molecule has 48 heavy (non-hydrogen) atoms. The van der Waals surface area contributed by atoms with Gasteiger partial charge >= 0.3 is 5.97 Å². The molecule has 0 aliphatic rings. The second-order valence-electron chi connectivity index (χ2n) is 14.7. The van der Waals surface area contributed by atoms with E-state index < -0.39 is 12.0 Å². The number of carbonyl (C=O) groups is 3. The number of aliphatic carboxylic acids is 1. The number of hydrogen-bond acceptors (Lipinski definition) is 3. The van der Waals surface area contributed by atoms with Gasteiger partial charge in [0.25, 0.3) is 0 Å². The van der Waals surface area contributed by atoms with Gasteiger partial charge in [-0.25, -0.2) is 4.79 Å². The summed E-state index contributed by atoms with van der Waals surface area (Å²) in [6.07, 6.45) is 41.8. The molecule has 0 aliphatic heterocycles. The third kappa shape index (κ3) is 35.7. The molecule has 0 unspecified atom stereocenters. The predicted octanol–water partition coefficient (Wildman–Crippen LogP) is 12.4. The highest BCUT2D eigenvalue weighted by molar-refractivity contribution is 5.83. The van der Waals surface area contributed by atoms with Crippen molar-refractivity contribution < 1.29 is 19.5 Å². The Bertz CT molecular complexity index is 714. The van der Waals surface area contributed by atoms with Crippen LogP contribution in [-0.4, -0.2) is 35.5 Å². The van der Waals surface area contributed by atoms with Crippen molar-refractivity contribution in [2.24, 2.45) is 0 Å². The van der Waals surface area contributed by atoms with E-state index >= 15 is 0 Å². The van der Waals surface area contributed by atoms with E-state index in [-0.39, 0.29) is 11.8 Å². The zero-order chi connectivity index (χ0) is 35.2. The molecule has 0 fully saturated rings. The molecule has 0 bridgehead atoms. The van der Waals surface area contributed by atoms with Crippen LogP contribution < -0.4 is 10.6 Å². The van der Waals surface area contributed by atoms with Crippen LogP contribution in [0.25, 0.3) is 0 Å². The number of nitrogens with one attached hydrogen (secondary N) is 2. The fraction of sp³-hybridized carbons (Fsp3) is 0.929. The van der Waals surface area contributed by atoms with Crippen LogP contribution in [0.4, 0.5) is 0 Å². The third-order valence-corrected chi connectivity index (χ3v) is 9.89. The number of carbonyl (C=O) groups excluding carboxylic acids is 2. The minimum absolute atomic E-state index is 0.0938. The Morgan fingerprint density at radius 2 is 0.729 bits per heavy atom. The molecule has 2 amide bonds. The van der Waals surface area contributed by atoms with Crippen molar-refractivity contribution in [2.75, 3.05) is 6.54 Å². The van der Waals surface area contributed by atoms with Gasteiger partial charge in [0.2, 0.25) is 11.8 Å². The molecular formula is C42H82N2O4. The van der Waals surface area contributed by atoms with E-state index in [1.165, 1.54) is 161 Å². The summed E-state index contributed by atoms with van der Waals surface area (Å²) >= 11 is 0. The first-order valence-corrected chi connectivity index (χ1v) is 21.3. The van der Waals surface area contributed by atoms with Crippen molar-refractivity contribution in [1.29, 1.82) is 0 Å². The monoisotopic (exact) mass is 679 g/mol. The van der Waals surface area contributed by atoms with Crippen molar-refractivity contribution in [3.63, 3.8) is 0 Å². The Labute approximate surface area is 298 Å². The summed E-state index contributed by atoms with van der Waals surface area (Å²) in [6, 6.07) is -0.843. The number of amides is 2. The Morgan fingerprint density at radius 3 is 1.06 bits per heavy atom. The van der Waals surface area contributed by atoms with Crippen LogP contribution in [0.15, 0.2) is 0 Å². The van der Waals surface area contributed by atoms with Gasteiger partial charge in [-0.3, -0.25) is 9.59 Å². The molecule has 0 saturated carbocycles. The lowest BCUT2D eigenvalue weighted by Gasteiger charge is -2.14. The van der Waals surface area contributed by atoms with Crippen LogP contribution in [0.3, 0.4) is 0 Å². The van der Waals surface area contributed by atoms with Crippen LogP contribution in [0, 0.1) is 0 Å². The Kier molecular flexibility index (Phi) is 36.9. The average molecular weight is 679 g/mol. The first-order chi connectivity index (χ1) is 23.5. The van der Waals surface area contributed by atoms with Gasteiger partial charge in [-0.05, 0) is 32.1 Å². The molecule has 0 heterocycles. The minimum atomic E-state index is -0.975. The summed E-state index contributed by atoms with van der Waals surface area (Å²) in [7, 11) is 0. The highest BCUT2D eigenvalue weighted by Gasteiger charge is 2.19. The molecule has 0 aromatic carbocycles. The average Bonchev–Trinajstić information content (AvgIpc) is 3.07. The Hall–Kier alpha value is -1.59. The van der Waals surface area contributed by atoms with Crippen LogP contribution in [0.2, 0.25) is 0 Å². The standard InChI is InChI=1S/C42H82N2O4/c1-3-5-7-9-11-13-15-17-19-21-23-25-27-29-31-36-40(45)43-38-34-33-35-39(42(47)48)44-41(46)37-32-30-28-26-24-22-20-18-16-14-12-10-8-6-4-2/h39H,3-38H2,1-2H3,(H,43,45)(H,44,46)(H,47,48)/t39-/m0/s1. The maximum Gasteiger partial charge on any atom is 0.326 e. The van der Waals surface area contributed by atoms with Crippen LogP contribution in [0.5, 0.6) is 0 Å². The van der Waals surface area contributed by atoms with E-state index in [1.807, 2.05) is 0 Å². The van der Waals surface area contributed by atoms with E-state index in [1.54, 1.807) is 0 Å². The summed E-state index contributed by atoms with van der Waals surface area (Å²) in [6.45, 7) is 5.11. The summed E-state index contributed by atoms with van der Waals surface area (Å²) in [5, 5.41) is 15.2. The topological polar surface area (TPSA) is 95.5 Å². The predicted molar refractivity (Wildman–Crippen MR) is 206 cm³/mol. The van der Waals surface area contributed by atoms with Crippen molar-refractivity contribution in [3.8, 4) is 0 Å². The van der Waals surface area contributed by atoms with Crippen LogP contribution in [0.1, 0.15) is 239 Å². The molecule has 0 rings (SSSR count). The Morgan fingerprint density at radius 1 is 0.417 bits per heavy atom. The second-order valence-corrected chi connectivity index (χ2v) is 14.7. The van der Waals surface area contributed by atoms with Gasteiger partial charge in [-0.2, -0.15) is 0 Å². The maximum atomic E-state index is 12.3. The molecule has 0 saturated heterocycles. The van der Waals surface area contributed by atoms with E-state index in [0.29, 0.717) is 32.2 Å². The van der Waals surface area contributed by atoms with Gasteiger partial charge in [-0.15, -0.1) is 0 Å². The lowest BCUT2D eigenvalue weighted by Crippen LogP contribution is -2.40. The molecule has 0 spiro atoms. The van der Waals surface area contributed by atoms with E-state index in [2.05, 4.69) is 24.5 Å². The number of carboxylic acids is 1. The first kappa shape index (κ1) is 46.4. The van der Waals surface area contributed by atoms with Gasteiger partial charge in [0.15, 0.2) is 0 Å². The lowest BCUT2D eigenvalue weighted by molar-refractivity contribution is -0.142. The largest absolute Gasteiger partial charge is 0.480 e. The molecule has 1 atom stereocenters. The molecular weight excluding hydrogens is 596 g/mol. The number of hydrogen-bond donors (Lipinski definition) is 3. The van der Waals surface area contributed by atoms with Crippen molar-refractivity contribution in [1.82, 2.24) is 10.6 Å². The third-order valence-electron chi connectivity index (χ3n) is 9.89. The van der Waals surface area contributed by atoms with Crippen LogP contribution in [-0.2, 0) is 14.4 Å². The fourth-order valence-electron chi connectivity index (χ4n) is 6.63. The fourth-order valence-corrected chi connectivity index (χ4v) is 6.63. The molecule has 0 aromatic rings. The van der Waals surface area contributed by atoms with Gasteiger partial charge in [0.1, 0.15) is 6.04 Å². The molecule has 0 aliphatic carbocycles. The molecule has 6 heteroatoms. The van der Waals surface area contributed by atoms with E-state index in [9.17, 15) is 19.5 Å². The maximum absolute atomic E-state index is 12.3. The molecule has 284 valence electrons. The summed E-state index contributed by atoms with van der Waals surface area (Å²) in [5.74, 6) is -1.04. The zero-order valence-corrected chi connectivity index (χ0v) is 32.2. The SMILES string of the molecule is CCCCCCCCCCCCCCCCCC(=O)NCCCC[C@H](NC(=O)CCCCCCCCCCCCCCCCC)C(=O)O. The number of rotatable bonds is 39. The quantitative estimate of drug-likeness (QED) is 0.0564. The number of unbranched alkanes of at least 4 members (excludes halogenated alkanes) is 29. The minimum Gasteiger partial charge on any atom is -0.480 e. The van der Waals surface area contributed by atoms with Gasteiger partial charge < -0.3 is 15.7 Å². The van der Waals surface area contributed by atoms with E-state index in [0.717, 1.165) is 38.5 Å². The van der Waals surface area contributed by atoms with Crippen molar-refractivity contribution in [3.05, 3.63) is 0 Å². The molecule has 3 N–H and O–H groups in total. The van der Waals surface area contributed by atoms with Gasteiger partial charge in [0, 0.05) is 19.4 Å². The Balaban J connectivity index is 3.57. The highest BCUT2D eigenvalue weighted by Crippen LogP contribution is 2.15. The number of carboxylic acid groups (broad SMARTS) is 1. The normalized spacial score (nSPS) is 11.9.